The molecule has 4 bridgehead atoms. The molecule has 1 aromatic carbocycles. The van der Waals surface area contributed by atoms with Crippen LogP contribution in [0.2, 0.25) is 0 Å². The summed E-state index contributed by atoms with van der Waals surface area (Å²) in [6.45, 7) is 0.578. The van der Waals surface area contributed by atoms with Crippen LogP contribution in [0.5, 0.6) is 5.75 Å². The molecule has 5 aliphatic carbocycles. The molecule has 0 heterocycles. The number of carboxylic acids is 2. The number of amides is 1. The van der Waals surface area contributed by atoms with E-state index in [2.05, 4.69) is 5.32 Å². The Kier molecular flexibility index (Phi) is 5.13. The number of ether oxygens (including phenoxy) is 1. The summed E-state index contributed by atoms with van der Waals surface area (Å²) in [6, 6.07) is 1.06. The molecule has 0 aromatic heterocycles. The quantitative estimate of drug-likeness (QED) is 0.536. The molecule has 5 saturated carbocycles. The highest BCUT2D eigenvalue weighted by atomic mass is 19.1. The minimum absolute atomic E-state index is 0.195. The molecule has 0 spiro atoms. The van der Waals surface area contributed by atoms with Crippen molar-refractivity contribution in [1.29, 1.82) is 0 Å². The van der Waals surface area contributed by atoms with Crippen LogP contribution in [0.3, 0.4) is 0 Å². The van der Waals surface area contributed by atoms with Crippen molar-refractivity contribution in [3.05, 3.63) is 29.1 Å². The fraction of sp³-hybridized carbons (Fsp3) is 0.625. The van der Waals surface area contributed by atoms with Gasteiger partial charge < -0.3 is 20.3 Å². The van der Waals surface area contributed by atoms with Crippen LogP contribution in [0.15, 0.2) is 12.1 Å². The van der Waals surface area contributed by atoms with Crippen LogP contribution >= 0.6 is 0 Å². The molecule has 1 amide bonds. The van der Waals surface area contributed by atoms with Crippen molar-refractivity contribution in [1.82, 2.24) is 5.32 Å². The molecule has 5 aliphatic rings. The normalized spacial score (nSPS) is 30.8. The third-order valence-electron chi connectivity index (χ3n) is 8.02. The molecule has 0 radical (unpaired) electrons. The summed E-state index contributed by atoms with van der Waals surface area (Å²) in [5.41, 5.74) is 0.692. The fourth-order valence-corrected chi connectivity index (χ4v) is 6.62. The number of nitrogens with one attached hydrogen (secondary N) is 1. The second kappa shape index (κ2) is 7.74. The summed E-state index contributed by atoms with van der Waals surface area (Å²) in [6.07, 6.45) is 7.35. The number of aliphatic carboxylic acids is 2. The SMILES string of the molecule is O=C(O)C[C@H](NC(=O)c1cc(C2CC2)c(OCC23CC4CC(CC2C4)C3)cc1F)C(=O)O. The second-order valence-corrected chi connectivity index (χ2v) is 10.3. The van der Waals surface area contributed by atoms with E-state index in [0.29, 0.717) is 18.3 Å². The van der Waals surface area contributed by atoms with Crippen molar-refractivity contribution in [2.75, 3.05) is 6.61 Å². The minimum Gasteiger partial charge on any atom is -0.493 e. The highest BCUT2D eigenvalue weighted by Crippen LogP contribution is 2.65. The molecule has 5 fully saturated rings. The van der Waals surface area contributed by atoms with Gasteiger partial charge in [0.1, 0.15) is 17.6 Å². The lowest BCUT2D eigenvalue weighted by Gasteiger charge is -2.33. The Morgan fingerprint density at radius 3 is 2.41 bits per heavy atom. The van der Waals surface area contributed by atoms with Crippen LogP contribution in [-0.4, -0.2) is 40.7 Å². The van der Waals surface area contributed by atoms with E-state index in [1.54, 1.807) is 0 Å². The van der Waals surface area contributed by atoms with Crippen LogP contribution in [0.25, 0.3) is 0 Å². The topological polar surface area (TPSA) is 113 Å². The number of carboxylic acid groups (broad SMARTS) is 2. The Morgan fingerprint density at radius 2 is 1.81 bits per heavy atom. The van der Waals surface area contributed by atoms with Gasteiger partial charge in [0.15, 0.2) is 0 Å². The minimum atomic E-state index is -1.63. The highest BCUT2D eigenvalue weighted by molar-refractivity contribution is 5.98. The molecule has 3 N–H and O–H groups in total. The third-order valence-corrected chi connectivity index (χ3v) is 8.02. The molecule has 0 aliphatic heterocycles. The van der Waals surface area contributed by atoms with E-state index >= 15 is 0 Å². The van der Waals surface area contributed by atoms with Crippen LogP contribution in [0.4, 0.5) is 4.39 Å². The Hall–Kier alpha value is -2.64. The first-order valence-corrected chi connectivity index (χ1v) is 11.5. The van der Waals surface area contributed by atoms with Gasteiger partial charge in [-0.15, -0.1) is 0 Å². The van der Waals surface area contributed by atoms with E-state index in [1.807, 2.05) is 0 Å². The maximum Gasteiger partial charge on any atom is 0.326 e. The van der Waals surface area contributed by atoms with Crippen molar-refractivity contribution in [2.45, 2.75) is 63.3 Å². The van der Waals surface area contributed by atoms with Crippen LogP contribution in [0, 0.1) is 29.0 Å². The third kappa shape index (κ3) is 3.84. The average molecular weight is 445 g/mol. The number of carbonyl (C=O) groups excluding carboxylic acids is 1. The number of halogens is 1. The monoisotopic (exact) mass is 445 g/mol. The lowest BCUT2D eigenvalue weighted by Crippen LogP contribution is -2.42. The van der Waals surface area contributed by atoms with Gasteiger partial charge in [-0.1, -0.05) is 0 Å². The summed E-state index contributed by atoms with van der Waals surface area (Å²) in [4.78, 5) is 34.7. The summed E-state index contributed by atoms with van der Waals surface area (Å²) in [7, 11) is 0. The maximum absolute atomic E-state index is 14.9. The standard InChI is InChI=1S/C24H28FNO6/c25-18-7-20(32-11-24-9-12-3-13(10-24)5-15(24)4-12)16(14-1-2-14)6-17(18)22(29)26-19(23(30)31)8-21(27)28/h6-7,12-15,19H,1-5,8-11H2,(H,26,29)(H,27,28)(H,30,31)/t12?,13?,15?,19-,24?/m0/s1. The van der Waals surface area contributed by atoms with E-state index in [-0.39, 0.29) is 16.9 Å². The summed E-state index contributed by atoms with van der Waals surface area (Å²) < 4.78 is 21.1. The molecule has 8 heteroatoms. The van der Waals surface area contributed by atoms with Gasteiger partial charge in [-0.3, -0.25) is 9.59 Å². The van der Waals surface area contributed by atoms with Crippen molar-refractivity contribution in [3.8, 4) is 5.75 Å². The number of carbonyl (C=O) groups is 3. The number of hydrogen-bond acceptors (Lipinski definition) is 4. The van der Waals surface area contributed by atoms with Crippen molar-refractivity contribution in [2.24, 2.45) is 23.2 Å². The van der Waals surface area contributed by atoms with Crippen molar-refractivity contribution in [3.63, 3.8) is 0 Å². The van der Waals surface area contributed by atoms with Gasteiger partial charge in [-0.2, -0.15) is 0 Å². The zero-order valence-electron chi connectivity index (χ0n) is 17.8. The summed E-state index contributed by atoms with van der Waals surface area (Å²) in [5.74, 6) is -1.61. The van der Waals surface area contributed by atoms with Gasteiger partial charge in [-0.05, 0) is 80.2 Å². The summed E-state index contributed by atoms with van der Waals surface area (Å²) in [5, 5.41) is 20.1. The van der Waals surface area contributed by atoms with Gasteiger partial charge in [0.25, 0.3) is 5.91 Å². The molecule has 7 nitrogen and oxygen atoms in total. The van der Waals surface area contributed by atoms with Crippen molar-refractivity contribution < 1.29 is 33.7 Å². The number of rotatable bonds is 9. The number of hydrogen-bond donors (Lipinski definition) is 3. The molecule has 1 aromatic rings. The van der Waals surface area contributed by atoms with Gasteiger partial charge in [-0.25, -0.2) is 9.18 Å². The molecule has 6 rings (SSSR count). The molecule has 2 unspecified atom stereocenters. The molecule has 0 saturated heterocycles. The van der Waals surface area contributed by atoms with Crippen LogP contribution in [0.1, 0.15) is 73.2 Å². The predicted molar refractivity (Wildman–Crippen MR) is 111 cm³/mol. The molecular formula is C24H28FNO6. The lowest BCUT2D eigenvalue weighted by molar-refractivity contribution is -0.145. The Morgan fingerprint density at radius 1 is 1.12 bits per heavy atom. The zero-order valence-corrected chi connectivity index (χ0v) is 17.8. The summed E-state index contributed by atoms with van der Waals surface area (Å²) >= 11 is 0. The van der Waals surface area contributed by atoms with E-state index in [4.69, 9.17) is 14.9 Å². The predicted octanol–water partition coefficient (Wildman–Crippen LogP) is 3.57. The first kappa shape index (κ1) is 21.2. The largest absolute Gasteiger partial charge is 0.493 e. The van der Waals surface area contributed by atoms with Gasteiger partial charge in [0, 0.05) is 11.5 Å². The second-order valence-electron chi connectivity index (χ2n) is 10.3. The van der Waals surface area contributed by atoms with E-state index in [1.165, 1.54) is 44.2 Å². The average Bonchev–Trinajstić information content (AvgIpc) is 3.48. The molecular weight excluding hydrogens is 417 g/mol. The first-order valence-electron chi connectivity index (χ1n) is 11.5. The van der Waals surface area contributed by atoms with E-state index < -0.39 is 36.1 Å². The maximum atomic E-state index is 14.9. The zero-order chi connectivity index (χ0) is 22.6. The van der Waals surface area contributed by atoms with Gasteiger partial charge >= 0.3 is 11.9 Å². The Balaban J connectivity index is 1.34. The van der Waals surface area contributed by atoms with Crippen LogP contribution in [-0.2, 0) is 9.59 Å². The number of benzene rings is 1. The fourth-order valence-electron chi connectivity index (χ4n) is 6.62. The highest BCUT2D eigenvalue weighted by Gasteiger charge is 2.58. The molecule has 3 atom stereocenters. The first-order chi connectivity index (χ1) is 15.2. The van der Waals surface area contributed by atoms with Crippen molar-refractivity contribution >= 4 is 17.8 Å². The van der Waals surface area contributed by atoms with E-state index in [9.17, 15) is 18.8 Å². The molecule has 172 valence electrons. The lowest BCUT2D eigenvalue weighted by atomic mass is 9.76. The van der Waals surface area contributed by atoms with Gasteiger partial charge in [0.2, 0.25) is 0 Å². The Bertz CT molecular complexity index is 959. The van der Waals surface area contributed by atoms with Gasteiger partial charge in [0.05, 0.1) is 18.6 Å². The van der Waals surface area contributed by atoms with E-state index in [0.717, 1.165) is 30.2 Å². The Labute approximate surface area is 185 Å². The smallest absolute Gasteiger partial charge is 0.326 e. The molecule has 32 heavy (non-hydrogen) atoms. The van der Waals surface area contributed by atoms with Crippen LogP contribution < -0.4 is 10.1 Å².